The van der Waals surface area contributed by atoms with Gasteiger partial charge in [-0.3, -0.25) is 4.98 Å². The van der Waals surface area contributed by atoms with Crippen LogP contribution in [0.2, 0.25) is 0 Å². The third-order valence-corrected chi connectivity index (χ3v) is 2.37. The van der Waals surface area contributed by atoms with Crippen LogP contribution in [0.15, 0.2) is 24.7 Å². The number of nitrogens with zero attached hydrogens (tertiary/aromatic N) is 3. The molecule has 1 N–H and O–H groups in total. The molecule has 19 heavy (non-hydrogen) atoms. The molecule has 0 aliphatic rings. The van der Waals surface area contributed by atoms with Crippen molar-refractivity contribution in [3.63, 3.8) is 0 Å². The topological polar surface area (TPSA) is 69.0 Å². The second-order valence-electron chi connectivity index (χ2n) is 3.77. The number of imidazole rings is 1. The Bertz CT molecular complexity index is 597. The molecule has 0 saturated heterocycles. The summed E-state index contributed by atoms with van der Waals surface area (Å²) in [6, 6.07) is 1.32. The van der Waals surface area contributed by atoms with Crippen LogP contribution in [-0.2, 0) is 4.74 Å². The Hall–Kier alpha value is -2.44. The SMILES string of the molecule is CCOC(=O)Nn1cc(-c2cncc(F)c2)nc1C. The number of aryl methyl sites for hydroxylation is 1. The van der Waals surface area contributed by atoms with Gasteiger partial charge in [0.05, 0.1) is 24.7 Å². The summed E-state index contributed by atoms with van der Waals surface area (Å²) in [6.45, 7) is 3.70. The molecule has 0 atom stereocenters. The summed E-state index contributed by atoms with van der Waals surface area (Å²) in [6.07, 6.45) is 3.61. The normalized spacial score (nSPS) is 10.3. The quantitative estimate of drug-likeness (QED) is 0.921. The molecule has 100 valence electrons. The predicted octanol–water partition coefficient (Wildman–Crippen LogP) is 2.09. The first-order chi connectivity index (χ1) is 9.10. The number of carbonyl (C=O) groups excluding carboxylic acids is 1. The molecular weight excluding hydrogens is 251 g/mol. The molecule has 2 aromatic rings. The third kappa shape index (κ3) is 3.06. The van der Waals surface area contributed by atoms with E-state index in [1.165, 1.54) is 16.9 Å². The molecule has 2 rings (SSSR count). The zero-order chi connectivity index (χ0) is 13.8. The van der Waals surface area contributed by atoms with Crippen LogP contribution < -0.4 is 5.43 Å². The number of aromatic nitrogens is 3. The van der Waals surface area contributed by atoms with E-state index in [1.807, 2.05) is 0 Å². The van der Waals surface area contributed by atoms with Gasteiger partial charge in [0.25, 0.3) is 0 Å². The molecule has 1 amide bonds. The monoisotopic (exact) mass is 264 g/mol. The van der Waals surface area contributed by atoms with Crippen LogP contribution in [0.25, 0.3) is 11.3 Å². The minimum Gasteiger partial charge on any atom is -0.449 e. The maximum Gasteiger partial charge on any atom is 0.426 e. The number of ether oxygens (including phenoxy) is 1. The number of amides is 1. The molecule has 0 aliphatic heterocycles. The predicted molar refractivity (Wildman–Crippen MR) is 66.5 cm³/mol. The maximum atomic E-state index is 13.1. The summed E-state index contributed by atoms with van der Waals surface area (Å²) in [5.74, 6) is 0.107. The fraction of sp³-hybridized carbons (Fsp3) is 0.250. The van der Waals surface area contributed by atoms with Crippen molar-refractivity contribution in [1.82, 2.24) is 14.6 Å². The molecule has 0 aromatic carbocycles. The van der Waals surface area contributed by atoms with Gasteiger partial charge in [0, 0.05) is 11.8 Å². The zero-order valence-electron chi connectivity index (χ0n) is 10.6. The fourth-order valence-corrected chi connectivity index (χ4v) is 1.54. The van der Waals surface area contributed by atoms with E-state index in [-0.39, 0.29) is 6.61 Å². The third-order valence-electron chi connectivity index (χ3n) is 2.37. The highest BCUT2D eigenvalue weighted by Gasteiger charge is 2.10. The summed E-state index contributed by atoms with van der Waals surface area (Å²) in [4.78, 5) is 19.3. The Balaban J connectivity index is 2.23. The van der Waals surface area contributed by atoms with Crippen molar-refractivity contribution in [2.24, 2.45) is 0 Å². The molecule has 7 heteroatoms. The lowest BCUT2D eigenvalue weighted by atomic mass is 10.2. The molecular formula is C12H13FN4O2. The van der Waals surface area contributed by atoms with Crippen LogP contribution in [0.5, 0.6) is 0 Å². The van der Waals surface area contributed by atoms with E-state index in [4.69, 9.17) is 4.74 Å². The average Bonchev–Trinajstić information content (AvgIpc) is 2.71. The van der Waals surface area contributed by atoms with Gasteiger partial charge in [0.15, 0.2) is 0 Å². The minimum atomic E-state index is -0.577. The average molecular weight is 264 g/mol. The van der Waals surface area contributed by atoms with Crippen molar-refractivity contribution >= 4 is 6.09 Å². The van der Waals surface area contributed by atoms with Crippen molar-refractivity contribution in [2.75, 3.05) is 12.0 Å². The largest absolute Gasteiger partial charge is 0.449 e. The first kappa shape index (κ1) is 13.0. The number of nitrogens with one attached hydrogen (secondary N) is 1. The molecule has 0 bridgehead atoms. The Morgan fingerprint density at radius 3 is 3.00 bits per heavy atom. The second kappa shape index (κ2) is 5.47. The summed E-state index contributed by atoms with van der Waals surface area (Å²) in [7, 11) is 0. The summed E-state index contributed by atoms with van der Waals surface area (Å²) in [5.41, 5.74) is 3.54. The van der Waals surface area contributed by atoms with E-state index in [0.29, 0.717) is 17.1 Å². The molecule has 0 saturated carbocycles. The van der Waals surface area contributed by atoms with E-state index < -0.39 is 11.9 Å². The van der Waals surface area contributed by atoms with Crippen molar-refractivity contribution in [3.8, 4) is 11.3 Å². The minimum absolute atomic E-state index is 0.278. The number of carbonyl (C=O) groups is 1. The van der Waals surface area contributed by atoms with Crippen LogP contribution in [0.3, 0.4) is 0 Å². The van der Waals surface area contributed by atoms with Crippen LogP contribution in [0.1, 0.15) is 12.7 Å². The number of halogens is 1. The lowest BCUT2D eigenvalue weighted by Gasteiger charge is -2.06. The van der Waals surface area contributed by atoms with Gasteiger partial charge in [0.1, 0.15) is 11.6 Å². The Kier molecular flexibility index (Phi) is 3.74. The first-order valence-corrected chi connectivity index (χ1v) is 5.71. The van der Waals surface area contributed by atoms with Gasteiger partial charge < -0.3 is 4.74 Å². The first-order valence-electron chi connectivity index (χ1n) is 5.71. The van der Waals surface area contributed by atoms with E-state index >= 15 is 0 Å². The van der Waals surface area contributed by atoms with E-state index in [2.05, 4.69) is 15.4 Å². The number of rotatable bonds is 3. The highest BCUT2D eigenvalue weighted by molar-refractivity contribution is 5.76. The van der Waals surface area contributed by atoms with Crippen molar-refractivity contribution < 1.29 is 13.9 Å². The van der Waals surface area contributed by atoms with Gasteiger partial charge in [-0.2, -0.15) is 0 Å². The standard InChI is InChI=1S/C12H13FN4O2/c1-3-19-12(18)16-17-7-11(15-8(17)2)9-4-10(13)6-14-5-9/h4-7H,3H2,1-2H3,(H,16,18). The smallest absolute Gasteiger partial charge is 0.426 e. The summed E-state index contributed by atoms with van der Waals surface area (Å²) in [5, 5.41) is 0. The van der Waals surface area contributed by atoms with Gasteiger partial charge in [-0.15, -0.1) is 0 Å². The summed E-state index contributed by atoms with van der Waals surface area (Å²) < 4.78 is 19.3. The van der Waals surface area contributed by atoms with Crippen molar-refractivity contribution in [1.29, 1.82) is 0 Å². The second-order valence-corrected chi connectivity index (χ2v) is 3.77. The van der Waals surface area contributed by atoms with Gasteiger partial charge in [-0.1, -0.05) is 0 Å². The van der Waals surface area contributed by atoms with E-state index in [1.54, 1.807) is 20.0 Å². The molecule has 0 fully saturated rings. The molecule has 0 unspecified atom stereocenters. The van der Waals surface area contributed by atoms with Crippen LogP contribution in [0, 0.1) is 12.7 Å². The Morgan fingerprint density at radius 1 is 1.53 bits per heavy atom. The van der Waals surface area contributed by atoms with Crippen molar-refractivity contribution in [2.45, 2.75) is 13.8 Å². The lowest BCUT2D eigenvalue weighted by molar-refractivity contribution is 0.164. The van der Waals surface area contributed by atoms with Crippen LogP contribution in [-0.4, -0.2) is 27.3 Å². The molecule has 2 aromatic heterocycles. The highest BCUT2D eigenvalue weighted by atomic mass is 19.1. The van der Waals surface area contributed by atoms with E-state index in [0.717, 1.165) is 6.20 Å². The number of hydrogen-bond donors (Lipinski definition) is 1. The van der Waals surface area contributed by atoms with Gasteiger partial charge in [-0.25, -0.2) is 24.3 Å². The Labute approximate surface area is 109 Å². The van der Waals surface area contributed by atoms with Crippen LogP contribution >= 0.6 is 0 Å². The fourth-order valence-electron chi connectivity index (χ4n) is 1.54. The molecule has 0 radical (unpaired) electrons. The number of pyridine rings is 1. The molecule has 0 aliphatic carbocycles. The maximum absolute atomic E-state index is 13.1. The highest BCUT2D eigenvalue weighted by Crippen LogP contribution is 2.17. The number of hydrogen-bond acceptors (Lipinski definition) is 4. The zero-order valence-corrected chi connectivity index (χ0v) is 10.6. The van der Waals surface area contributed by atoms with Gasteiger partial charge in [0.2, 0.25) is 0 Å². The van der Waals surface area contributed by atoms with E-state index in [9.17, 15) is 9.18 Å². The van der Waals surface area contributed by atoms with Gasteiger partial charge in [-0.05, 0) is 19.9 Å². The molecule has 0 spiro atoms. The Morgan fingerprint density at radius 2 is 2.32 bits per heavy atom. The molecule has 6 nitrogen and oxygen atoms in total. The lowest BCUT2D eigenvalue weighted by Crippen LogP contribution is -2.23. The van der Waals surface area contributed by atoms with Gasteiger partial charge >= 0.3 is 6.09 Å². The van der Waals surface area contributed by atoms with Crippen LogP contribution in [0.4, 0.5) is 9.18 Å². The molecule has 2 heterocycles. The van der Waals surface area contributed by atoms with Crippen molar-refractivity contribution in [3.05, 3.63) is 36.3 Å². The summed E-state index contributed by atoms with van der Waals surface area (Å²) >= 11 is 0.